The van der Waals surface area contributed by atoms with E-state index in [2.05, 4.69) is 15.3 Å². The van der Waals surface area contributed by atoms with Gasteiger partial charge in [-0.25, -0.2) is 4.79 Å². The Balaban J connectivity index is 2.91. The molecule has 0 spiro atoms. The summed E-state index contributed by atoms with van der Waals surface area (Å²) >= 11 is 5.57. The molecule has 1 aromatic carbocycles. The summed E-state index contributed by atoms with van der Waals surface area (Å²) in [5.74, 6) is -0.800. The third-order valence-electron chi connectivity index (χ3n) is 2.07. The average molecular weight is 286 g/mol. The number of benzene rings is 1. The Bertz CT molecular complexity index is 531. The average Bonchev–Trinajstić information content (AvgIpc) is 2.36. The Morgan fingerprint density at radius 3 is 2.84 bits per heavy atom. The molecule has 0 aromatic heterocycles. The lowest BCUT2D eigenvalue weighted by Crippen LogP contribution is -2.13. The normalized spacial score (nSPS) is 11.0. The maximum absolute atomic E-state index is 11.2. The van der Waals surface area contributed by atoms with E-state index >= 15 is 0 Å². The second-order valence-electron chi connectivity index (χ2n) is 3.51. The van der Waals surface area contributed by atoms with Gasteiger partial charge in [-0.3, -0.25) is 15.5 Å². The van der Waals surface area contributed by atoms with Crippen LogP contribution in [0.1, 0.15) is 12.5 Å². The van der Waals surface area contributed by atoms with E-state index in [0.29, 0.717) is 0 Å². The summed E-state index contributed by atoms with van der Waals surface area (Å²) in [6.45, 7) is 3.52. The smallest absolute Gasteiger partial charge is 0.370 e. The van der Waals surface area contributed by atoms with Crippen LogP contribution in [-0.4, -0.2) is 22.7 Å². The highest BCUT2D eigenvalue weighted by molar-refractivity contribution is 6.82. The molecule has 0 amide bonds. The maximum atomic E-state index is 11.2. The van der Waals surface area contributed by atoms with Gasteiger partial charge in [-0.1, -0.05) is 17.7 Å². The molecule has 0 atom stereocenters. The van der Waals surface area contributed by atoms with Crippen LogP contribution in [0, 0.1) is 17.0 Å². The monoisotopic (exact) mass is 285 g/mol. The van der Waals surface area contributed by atoms with Crippen molar-refractivity contribution >= 4 is 34.1 Å². The van der Waals surface area contributed by atoms with Gasteiger partial charge in [-0.15, -0.1) is 0 Å². The van der Waals surface area contributed by atoms with Crippen LogP contribution in [0.15, 0.2) is 23.3 Å². The molecule has 1 N–H and O–H groups in total. The number of aryl methyl sites for hydroxylation is 1. The van der Waals surface area contributed by atoms with Crippen LogP contribution in [0.2, 0.25) is 0 Å². The Kier molecular flexibility index (Phi) is 5.25. The molecule has 102 valence electrons. The van der Waals surface area contributed by atoms with Crippen LogP contribution in [0.25, 0.3) is 0 Å². The highest BCUT2D eigenvalue weighted by Crippen LogP contribution is 2.25. The molecule has 0 aliphatic rings. The van der Waals surface area contributed by atoms with Gasteiger partial charge in [0.05, 0.1) is 11.5 Å². The minimum Gasteiger partial charge on any atom is -0.461 e. The van der Waals surface area contributed by atoms with Crippen molar-refractivity contribution in [2.45, 2.75) is 13.8 Å². The number of hydrazone groups is 1. The number of halogens is 1. The van der Waals surface area contributed by atoms with Crippen LogP contribution < -0.4 is 5.43 Å². The number of rotatable bonds is 5. The number of carbonyl (C=O) groups excluding carboxylic acids is 1. The van der Waals surface area contributed by atoms with Gasteiger partial charge < -0.3 is 4.74 Å². The molecule has 0 unspecified atom stereocenters. The first-order chi connectivity index (χ1) is 8.95. The zero-order chi connectivity index (χ0) is 14.4. The summed E-state index contributed by atoms with van der Waals surface area (Å²) < 4.78 is 4.61. The van der Waals surface area contributed by atoms with E-state index in [9.17, 15) is 14.9 Å². The van der Waals surface area contributed by atoms with Crippen LogP contribution in [0.4, 0.5) is 11.4 Å². The standard InChI is InChI=1S/C11H12ClN3O4/c1-3-19-11(16)10(12)14-13-8-5-4-7(2)6-9(8)15(17)18/h4-6,13H,3H2,1-2H3/b14-10+. The molecule has 0 saturated heterocycles. The summed E-state index contributed by atoms with van der Waals surface area (Å²) in [6.07, 6.45) is 0. The number of carbonyl (C=O) groups is 1. The first kappa shape index (κ1) is 14.9. The molecule has 0 aliphatic carbocycles. The quantitative estimate of drug-likeness (QED) is 0.388. The molecule has 7 nitrogen and oxygen atoms in total. The van der Waals surface area contributed by atoms with E-state index in [0.717, 1.165) is 5.56 Å². The molecule has 0 heterocycles. The number of anilines is 1. The van der Waals surface area contributed by atoms with Gasteiger partial charge in [-0.05, 0) is 25.5 Å². The predicted molar refractivity (Wildman–Crippen MR) is 71.4 cm³/mol. The Hall–Kier alpha value is -2.15. The van der Waals surface area contributed by atoms with E-state index in [-0.39, 0.29) is 18.0 Å². The molecule has 0 saturated carbocycles. The third-order valence-corrected chi connectivity index (χ3v) is 2.31. The Labute approximate surface area is 114 Å². The van der Waals surface area contributed by atoms with Gasteiger partial charge in [-0.2, -0.15) is 5.10 Å². The van der Waals surface area contributed by atoms with Crippen LogP contribution in [-0.2, 0) is 9.53 Å². The van der Waals surface area contributed by atoms with Crippen molar-refractivity contribution in [1.29, 1.82) is 0 Å². The fraction of sp³-hybridized carbons (Fsp3) is 0.273. The predicted octanol–water partition coefficient (Wildman–Crippen LogP) is 2.43. The third kappa shape index (κ3) is 4.22. The summed E-state index contributed by atoms with van der Waals surface area (Å²) in [6, 6.07) is 4.53. The van der Waals surface area contributed by atoms with E-state index < -0.39 is 16.1 Å². The first-order valence-electron chi connectivity index (χ1n) is 5.37. The van der Waals surface area contributed by atoms with E-state index in [4.69, 9.17) is 11.6 Å². The van der Waals surface area contributed by atoms with Gasteiger partial charge >= 0.3 is 5.97 Å². The second kappa shape index (κ2) is 6.69. The molecule has 0 radical (unpaired) electrons. The van der Waals surface area contributed by atoms with E-state index in [1.54, 1.807) is 19.9 Å². The lowest BCUT2D eigenvalue weighted by atomic mass is 10.2. The van der Waals surface area contributed by atoms with Gasteiger partial charge in [0.1, 0.15) is 5.69 Å². The number of hydrogen-bond donors (Lipinski definition) is 1. The molecule has 0 fully saturated rings. The number of nitro benzene ring substituents is 1. The fourth-order valence-electron chi connectivity index (χ4n) is 1.23. The van der Waals surface area contributed by atoms with Crippen molar-refractivity contribution in [3.05, 3.63) is 33.9 Å². The second-order valence-corrected chi connectivity index (χ2v) is 3.87. The van der Waals surface area contributed by atoms with Crippen LogP contribution in [0.5, 0.6) is 0 Å². The van der Waals surface area contributed by atoms with Gasteiger partial charge in [0.25, 0.3) is 5.69 Å². The minimum absolute atomic E-state index is 0.137. The molecular weight excluding hydrogens is 274 g/mol. The van der Waals surface area contributed by atoms with E-state index in [1.165, 1.54) is 12.1 Å². The Morgan fingerprint density at radius 1 is 1.58 bits per heavy atom. The van der Waals surface area contributed by atoms with Crippen molar-refractivity contribution in [2.24, 2.45) is 5.10 Å². The lowest BCUT2D eigenvalue weighted by molar-refractivity contribution is -0.384. The summed E-state index contributed by atoms with van der Waals surface area (Å²) in [7, 11) is 0. The van der Waals surface area contributed by atoms with E-state index in [1.807, 2.05) is 0 Å². The Morgan fingerprint density at radius 2 is 2.26 bits per heavy atom. The molecular formula is C11H12ClN3O4. The summed E-state index contributed by atoms with van der Waals surface area (Å²) in [5, 5.41) is 14.0. The topological polar surface area (TPSA) is 93.8 Å². The molecule has 1 rings (SSSR count). The number of hydrogen-bond acceptors (Lipinski definition) is 6. The number of esters is 1. The number of nitrogens with one attached hydrogen (secondary N) is 1. The lowest BCUT2D eigenvalue weighted by Gasteiger charge is -2.04. The van der Waals surface area contributed by atoms with Crippen LogP contribution >= 0.6 is 11.6 Å². The molecule has 0 aliphatic heterocycles. The summed E-state index contributed by atoms with van der Waals surface area (Å²) in [5.41, 5.74) is 3.09. The molecule has 1 aromatic rings. The molecule has 19 heavy (non-hydrogen) atoms. The van der Waals surface area contributed by atoms with Crippen molar-refractivity contribution < 1.29 is 14.5 Å². The summed E-state index contributed by atoms with van der Waals surface area (Å²) in [4.78, 5) is 21.5. The van der Waals surface area contributed by atoms with Crippen molar-refractivity contribution in [3.63, 3.8) is 0 Å². The van der Waals surface area contributed by atoms with Crippen molar-refractivity contribution in [3.8, 4) is 0 Å². The molecule has 8 heteroatoms. The SMILES string of the molecule is CCOC(=O)/C(Cl)=N\Nc1ccc(C)cc1[N+](=O)[O-]. The number of nitro groups is 1. The van der Waals surface area contributed by atoms with Gasteiger partial charge in [0.2, 0.25) is 5.17 Å². The minimum atomic E-state index is -0.800. The zero-order valence-corrected chi connectivity index (χ0v) is 11.1. The number of nitrogens with zero attached hydrogens (tertiary/aromatic N) is 2. The van der Waals surface area contributed by atoms with Crippen LogP contribution in [0.3, 0.4) is 0 Å². The largest absolute Gasteiger partial charge is 0.461 e. The first-order valence-corrected chi connectivity index (χ1v) is 5.74. The van der Waals surface area contributed by atoms with Crippen molar-refractivity contribution in [1.82, 2.24) is 0 Å². The molecule has 0 bridgehead atoms. The fourth-order valence-corrected chi connectivity index (χ4v) is 1.33. The zero-order valence-electron chi connectivity index (χ0n) is 10.3. The highest BCUT2D eigenvalue weighted by Gasteiger charge is 2.14. The maximum Gasteiger partial charge on any atom is 0.370 e. The van der Waals surface area contributed by atoms with Crippen molar-refractivity contribution in [2.75, 3.05) is 12.0 Å². The highest BCUT2D eigenvalue weighted by atomic mass is 35.5. The van der Waals surface area contributed by atoms with Gasteiger partial charge in [0.15, 0.2) is 0 Å². The van der Waals surface area contributed by atoms with Gasteiger partial charge in [0, 0.05) is 6.07 Å². The number of ether oxygens (including phenoxy) is 1.